The van der Waals surface area contributed by atoms with E-state index in [1.54, 1.807) is 11.8 Å². The maximum absolute atomic E-state index is 13.2. The first-order chi connectivity index (χ1) is 14.0. The van der Waals surface area contributed by atoms with Crippen molar-refractivity contribution >= 4 is 51.1 Å². The van der Waals surface area contributed by atoms with E-state index in [4.69, 9.17) is 16.6 Å². The van der Waals surface area contributed by atoms with Crippen LogP contribution in [-0.2, 0) is 6.54 Å². The van der Waals surface area contributed by atoms with E-state index in [-0.39, 0.29) is 5.43 Å². The third kappa shape index (κ3) is 2.81. The molecule has 2 aliphatic carbocycles. The van der Waals surface area contributed by atoms with Crippen LogP contribution in [0.4, 0.5) is 5.82 Å². The van der Waals surface area contributed by atoms with Gasteiger partial charge in [0.05, 0.1) is 20.8 Å². The number of hydrogen-bond acceptors (Lipinski definition) is 4. The van der Waals surface area contributed by atoms with Gasteiger partial charge in [0.25, 0.3) is 0 Å². The Labute approximate surface area is 180 Å². The quantitative estimate of drug-likeness (QED) is 0.394. The fourth-order valence-electron chi connectivity index (χ4n) is 5.25. The molecule has 4 nitrogen and oxygen atoms in total. The number of rotatable bonds is 4. The highest BCUT2D eigenvalue weighted by Crippen LogP contribution is 2.57. The topological polar surface area (TPSA) is 38.1 Å². The SMILES string of the molecule is CCn1c2nc(N(C)C3CC4(CCC4)C3)ccc2c(=O)c2ccc(Cl)c(SC)c21. The number of aryl methyl sites for hydroxylation is 1. The highest BCUT2D eigenvalue weighted by Gasteiger charge is 2.49. The molecule has 1 aromatic carbocycles. The largest absolute Gasteiger partial charge is 0.357 e. The first-order valence-corrected chi connectivity index (χ1v) is 12.0. The van der Waals surface area contributed by atoms with Crippen LogP contribution < -0.4 is 10.3 Å². The standard InChI is InChI=1S/C23H26ClN3OS/c1-4-27-19-15(6-8-17(24)21(19)29-3)20(28)16-7-9-18(25-22(16)27)26(2)14-12-23(13-14)10-5-11-23/h6-9,14H,4-5,10-13H2,1-3H3. The molecule has 152 valence electrons. The summed E-state index contributed by atoms with van der Waals surface area (Å²) in [5.74, 6) is 0.949. The predicted octanol–water partition coefficient (Wildman–Crippen LogP) is 5.71. The van der Waals surface area contributed by atoms with E-state index in [0.717, 1.165) is 28.4 Å². The van der Waals surface area contributed by atoms with Crippen LogP contribution in [-0.4, -0.2) is 28.9 Å². The summed E-state index contributed by atoms with van der Waals surface area (Å²) in [6.45, 7) is 2.83. The molecule has 0 radical (unpaired) electrons. The van der Waals surface area contributed by atoms with Crippen molar-refractivity contribution in [2.24, 2.45) is 5.41 Å². The highest BCUT2D eigenvalue weighted by molar-refractivity contribution is 7.99. The number of hydrogen-bond donors (Lipinski definition) is 0. The minimum absolute atomic E-state index is 0.0328. The lowest BCUT2D eigenvalue weighted by atomic mass is 9.54. The Kier molecular flexibility index (Phi) is 4.59. The summed E-state index contributed by atoms with van der Waals surface area (Å²) >= 11 is 8.05. The van der Waals surface area contributed by atoms with Gasteiger partial charge in [0.15, 0.2) is 5.43 Å². The number of benzene rings is 1. The lowest BCUT2D eigenvalue weighted by molar-refractivity contribution is 0.0102. The van der Waals surface area contributed by atoms with E-state index in [1.807, 2.05) is 30.5 Å². The minimum Gasteiger partial charge on any atom is -0.357 e. The van der Waals surface area contributed by atoms with Gasteiger partial charge in [-0.05, 0) is 68.5 Å². The second-order valence-corrected chi connectivity index (χ2v) is 9.84. The van der Waals surface area contributed by atoms with E-state index in [0.29, 0.717) is 27.3 Å². The number of thioether (sulfide) groups is 1. The molecule has 5 rings (SSSR count). The molecule has 2 saturated carbocycles. The number of aromatic nitrogens is 2. The molecule has 0 atom stereocenters. The van der Waals surface area contributed by atoms with Gasteiger partial charge in [0.2, 0.25) is 0 Å². The van der Waals surface area contributed by atoms with Crippen LogP contribution in [0.3, 0.4) is 0 Å². The highest BCUT2D eigenvalue weighted by atomic mass is 35.5. The molecule has 0 unspecified atom stereocenters. The van der Waals surface area contributed by atoms with Gasteiger partial charge >= 0.3 is 0 Å². The Hall–Kier alpha value is -1.72. The summed E-state index contributed by atoms with van der Waals surface area (Å²) in [6, 6.07) is 8.18. The van der Waals surface area contributed by atoms with E-state index >= 15 is 0 Å². The number of fused-ring (bicyclic) bond motifs is 2. The average molecular weight is 428 g/mol. The molecule has 2 aromatic heterocycles. The van der Waals surface area contributed by atoms with Crippen molar-refractivity contribution < 1.29 is 0 Å². The molecule has 0 amide bonds. The molecular weight excluding hydrogens is 402 g/mol. The summed E-state index contributed by atoms with van der Waals surface area (Å²) in [5.41, 5.74) is 2.31. The Morgan fingerprint density at radius 2 is 1.97 bits per heavy atom. The number of nitrogens with zero attached hydrogens (tertiary/aromatic N) is 3. The normalized spacial score (nSPS) is 18.2. The lowest BCUT2D eigenvalue weighted by Crippen LogP contribution is -2.53. The maximum Gasteiger partial charge on any atom is 0.198 e. The minimum atomic E-state index is 0.0328. The van der Waals surface area contributed by atoms with Crippen molar-refractivity contribution in [2.75, 3.05) is 18.2 Å². The van der Waals surface area contributed by atoms with E-state index in [2.05, 4.69) is 23.4 Å². The average Bonchev–Trinajstić information content (AvgIpc) is 2.65. The molecule has 0 saturated heterocycles. The van der Waals surface area contributed by atoms with Crippen molar-refractivity contribution in [1.29, 1.82) is 0 Å². The second-order valence-electron chi connectivity index (χ2n) is 8.62. The lowest BCUT2D eigenvalue weighted by Gasteiger charge is -2.56. The molecular formula is C23H26ClN3OS. The Balaban J connectivity index is 1.66. The van der Waals surface area contributed by atoms with Gasteiger partial charge in [0, 0.05) is 25.0 Å². The maximum atomic E-state index is 13.2. The summed E-state index contributed by atoms with van der Waals surface area (Å²) in [4.78, 5) is 21.5. The zero-order valence-electron chi connectivity index (χ0n) is 17.2. The molecule has 0 bridgehead atoms. The van der Waals surface area contributed by atoms with Gasteiger partial charge in [-0.2, -0.15) is 0 Å². The van der Waals surface area contributed by atoms with Crippen LogP contribution in [0.15, 0.2) is 34.0 Å². The number of halogens is 1. The zero-order chi connectivity index (χ0) is 20.3. The third-order valence-corrected chi connectivity index (χ3v) is 8.39. The number of pyridine rings is 2. The van der Waals surface area contributed by atoms with Crippen molar-refractivity contribution in [1.82, 2.24) is 9.55 Å². The van der Waals surface area contributed by atoms with Crippen molar-refractivity contribution in [2.45, 2.75) is 56.5 Å². The summed E-state index contributed by atoms with van der Waals surface area (Å²) in [7, 11) is 2.14. The van der Waals surface area contributed by atoms with Crippen molar-refractivity contribution in [3.8, 4) is 0 Å². The van der Waals surface area contributed by atoms with Crippen molar-refractivity contribution in [3.63, 3.8) is 0 Å². The van der Waals surface area contributed by atoms with Gasteiger partial charge < -0.3 is 9.47 Å². The fourth-order valence-corrected chi connectivity index (χ4v) is 6.31. The third-order valence-electron chi connectivity index (χ3n) is 7.14. The molecule has 29 heavy (non-hydrogen) atoms. The van der Waals surface area contributed by atoms with Crippen LogP contribution in [0.1, 0.15) is 39.0 Å². The molecule has 2 heterocycles. The smallest absolute Gasteiger partial charge is 0.198 e. The monoisotopic (exact) mass is 427 g/mol. The van der Waals surface area contributed by atoms with Gasteiger partial charge in [-0.15, -0.1) is 11.8 Å². The van der Waals surface area contributed by atoms with E-state index in [9.17, 15) is 4.79 Å². The first-order valence-electron chi connectivity index (χ1n) is 10.4. The molecule has 6 heteroatoms. The van der Waals surface area contributed by atoms with Crippen LogP contribution in [0, 0.1) is 5.41 Å². The molecule has 0 aliphatic heterocycles. The fraction of sp³-hybridized carbons (Fsp3) is 0.478. The summed E-state index contributed by atoms with van der Waals surface area (Å²) in [6.07, 6.45) is 8.71. The van der Waals surface area contributed by atoms with Crippen LogP contribution in [0.2, 0.25) is 5.02 Å². The zero-order valence-corrected chi connectivity index (χ0v) is 18.7. The van der Waals surface area contributed by atoms with E-state index in [1.165, 1.54) is 32.1 Å². The molecule has 2 fully saturated rings. The molecule has 2 aliphatic rings. The van der Waals surface area contributed by atoms with Crippen LogP contribution in [0.5, 0.6) is 0 Å². The van der Waals surface area contributed by atoms with Crippen LogP contribution in [0.25, 0.3) is 21.9 Å². The van der Waals surface area contributed by atoms with E-state index < -0.39 is 0 Å². The molecule has 3 aromatic rings. The first kappa shape index (κ1) is 19.3. The number of anilines is 1. The molecule has 1 spiro atoms. The van der Waals surface area contributed by atoms with Crippen molar-refractivity contribution in [3.05, 3.63) is 39.5 Å². The summed E-state index contributed by atoms with van der Waals surface area (Å²) in [5, 5.41) is 2.07. The second kappa shape index (κ2) is 6.92. The van der Waals surface area contributed by atoms with Crippen LogP contribution >= 0.6 is 23.4 Å². The van der Waals surface area contributed by atoms with Gasteiger partial charge in [0.1, 0.15) is 11.5 Å². The van der Waals surface area contributed by atoms with Gasteiger partial charge in [-0.1, -0.05) is 18.0 Å². The Bertz CT molecular complexity index is 1180. The molecule has 0 N–H and O–H groups in total. The Morgan fingerprint density at radius 1 is 1.24 bits per heavy atom. The summed E-state index contributed by atoms with van der Waals surface area (Å²) < 4.78 is 2.15. The Morgan fingerprint density at radius 3 is 2.59 bits per heavy atom. The van der Waals surface area contributed by atoms with Gasteiger partial charge in [-0.3, -0.25) is 4.79 Å². The van der Waals surface area contributed by atoms with Gasteiger partial charge in [-0.25, -0.2) is 4.98 Å². The predicted molar refractivity (Wildman–Crippen MR) is 124 cm³/mol.